The maximum Gasteiger partial charge on any atom is 0.229 e. The third-order valence-corrected chi connectivity index (χ3v) is 2.96. The van der Waals surface area contributed by atoms with Crippen molar-refractivity contribution in [2.24, 2.45) is 0 Å². The third-order valence-electron chi connectivity index (χ3n) is 2.96. The Morgan fingerprint density at radius 2 is 1.90 bits per heavy atom. The van der Waals surface area contributed by atoms with Crippen LogP contribution < -0.4 is 10.6 Å². The largest absolute Gasteiger partial charge is 0.367 e. The highest BCUT2D eigenvalue weighted by Gasteiger charge is 2.05. The van der Waals surface area contributed by atoms with E-state index >= 15 is 0 Å². The maximum absolute atomic E-state index is 12.9. The Morgan fingerprint density at radius 1 is 1.20 bits per heavy atom. The van der Waals surface area contributed by atoms with Crippen LogP contribution in [0.2, 0.25) is 0 Å². The van der Waals surface area contributed by atoms with Gasteiger partial charge in [-0.2, -0.15) is 4.98 Å². The van der Waals surface area contributed by atoms with Gasteiger partial charge in [0, 0.05) is 23.5 Å². The number of anilines is 3. The lowest BCUT2D eigenvalue weighted by Crippen LogP contribution is -2.15. The molecule has 20 heavy (non-hydrogen) atoms. The van der Waals surface area contributed by atoms with E-state index in [2.05, 4.69) is 34.4 Å². The zero-order chi connectivity index (χ0) is 14.5. The Balaban J connectivity index is 2.17. The molecule has 1 unspecified atom stereocenters. The van der Waals surface area contributed by atoms with Crippen molar-refractivity contribution in [3.63, 3.8) is 0 Å². The van der Waals surface area contributed by atoms with E-state index in [0.29, 0.717) is 12.0 Å². The van der Waals surface area contributed by atoms with Crippen molar-refractivity contribution >= 4 is 17.5 Å². The van der Waals surface area contributed by atoms with Gasteiger partial charge in [0.1, 0.15) is 11.6 Å². The zero-order valence-corrected chi connectivity index (χ0v) is 11.9. The summed E-state index contributed by atoms with van der Waals surface area (Å²) in [5.74, 6) is 1.03. The van der Waals surface area contributed by atoms with Crippen LogP contribution in [0.4, 0.5) is 21.8 Å². The van der Waals surface area contributed by atoms with Crippen molar-refractivity contribution in [1.29, 1.82) is 0 Å². The second-order valence-electron chi connectivity index (χ2n) is 4.80. The van der Waals surface area contributed by atoms with Crippen molar-refractivity contribution in [3.05, 3.63) is 41.8 Å². The molecule has 0 aliphatic rings. The van der Waals surface area contributed by atoms with Crippen LogP contribution in [0.5, 0.6) is 0 Å². The van der Waals surface area contributed by atoms with Gasteiger partial charge >= 0.3 is 0 Å². The van der Waals surface area contributed by atoms with Crippen molar-refractivity contribution < 1.29 is 4.39 Å². The Labute approximate surface area is 118 Å². The van der Waals surface area contributed by atoms with E-state index in [1.165, 1.54) is 12.1 Å². The lowest BCUT2D eigenvalue weighted by molar-refractivity contribution is 0.628. The molecular weight excluding hydrogens is 255 g/mol. The molecule has 0 radical (unpaired) electrons. The van der Waals surface area contributed by atoms with Crippen LogP contribution in [-0.4, -0.2) is 16.0 Å². The van der Waals surface area contributed by atoms with Crippen LogP contribution in [0, 0.1) is 12.7 Å². The van der Waals surface area contributed by atoms with Crippen LogP contribution in [-0.2, 0) is 0 Å². The molecule has 2 rings (SSSR count). The zero-order valence-electron chi connectivity index (χ0n) is 11.9. The van der Waals surface area contributed by atoms with Crippen LogP contribution in [0.3, 0.4) is 0 Å². The molecule has 0 saturated heterocycles. The molecule has 4 nitrogen and oxygen atoms in total. The van der Waals surface area contributed by atoms with E-state index in [1.807, 2.05) is 13.0 Å². The molecule has 2 aromatic rings. The van der Waals surface area contributed by atoms with E-state index in [9.17, 15) is 4.39 Å². The third kappa shape index (κ3) is 3.91. The first kappa shape index (κ1) is 14.2. The molecule has 0 amide bonds. The Morgan fingerprint density at radius 3 is 2.55 bits per heavy atom. The van der Waals surface area contributed by atoms with E-state index in [0.717, 1.165) is 23.6 Å². The van der Waals surface area contributed by atoms with Crippen molar-refractivity contribution in [2.75, 3.05) is 10.6 Å². The lowest BCUT2D eigenvalue weighted by atomic mass is 10.2. The van der Waals surface area contributed by atoms with Crippen LogP contribution in [0.15, 0.2) is 30.3 Å². The smallest absolute Gasteiger partial charge is 0.229 e. The molecular formula is C15H19FN4. The summed E-state index contributed by atoms with van der Waals surface area (Å²) in [6, 6.07) is 8.36. The number of rotatable bonds is 5. The van der Waals surface area contributed by atoms with E-state index in [4.69, 9.17) is 0 Å². The standard InChI is InChI=1S/C15H19FN4/c1-4-10(2)17-14-9-11(3)18-15(20-14)19-13-7-5-12(16)6-8-13/h5-10H,4H2,1-3H3,(H2,17,18,19,20). The Hall–Kier alpha value is -2.17. The molecule has 0 spiro atoms. The second kappa shape index (κ2) is 6.32. The molecule has 1 atom stereocenters. The normalized spacial score (nSPS) is 12.0. The van der Waals surface area contributed by atoms with Crippen LogP contribution in [0.25, 0.3) is 0 Å². The van der Waals surface area contributed by atoms with Gasteiger partial charge in [-0.15, -0.1) is 0 Å². The minimum absolute atomic E-state index is 0.264. The van der Waals surface area contributed by atoms with Gasteiger partial charge in [0.05, 0.1) is 0 Å². The maximum atomic E-state index is 12.9. The molecule has 0 bridgehead atoms. The number of nitrogens with one attached hydrogen (secondary N) is 2. The molecule has 1 heterocycles. The average Bonchev–Trinajstić information content (AvgIpc) is 2.40. The van der Waals surface area contributed by atoms with Gasteiger partial charge in [-0.1, -0.05) is 6.92 Å². The van der Waals surface area contributed by atoms with Gasteiger partial charge in [0.15, 0.2) is 0 Å². The first-order chi connectivity index (χ1) is 9.56. The number of benzene rings is 1. The Kier molecular flexibility index (Phi) is 4.50. The first-order valence-corrected chi connectivity index (χ1v) is 6.71. The average molecular weight is 274 g/mol. The van der Waals surface area contributed by atoms with E-state index in [-0.39, 0.29) is 5.82 Å². The number of halogens is 1. The molecule has 1 aromatic heterocycles. The highest BCUT2D eigenvalue weighted by Crippen LogP contribution is 2.16. The number of nitrogens with zero attached hydrogens (tertiary/aromatic N) is 2. The van der Waals surface area contributed by atoms with Gasteiger partial charge in [0.2, 0.25) is 5.95 Å². The fourth-order valence-corrected chi connectivity index (χ4v) is 1.72. The number of hydrogen-bond donors (Lipinski definition) is 2. The molecule has 0 aliphatic carbocycles. The molecule has 1 aromatic carbocycles. The van der Waals surface area contributed by atoms with Gasteiger partial charge in [0.25, 0.3) is 0 Å². The summed E-state index contributed by atoms with van der Waals surface area (Å²) in [7, 11) is 0. The summed E-state index contributed by atoms with van der Waals surface area (Å²) in [6.45, 7) is 6.13. The van der Waals surface area contributed by atoms with Crippen molar-refractivity contribution in [3.8, 4) is 0 Å². The summed E-state index contributed by atoms with van der Waals surface area (Å²) < 4.78 is 12.9. The fourth-order valence-electron chi connectivity index (χ4n) is 1.72. The first-order valence-electron chi connectivity index (χ1n) is 6.71. The summed E-state index contributed by atoms with van der Waals surface area (Å²) in [5.41, 5.74) is 1.63. The highest BCUT2D eigenvalue weighted by molar-refractivity contribution is 5.55. The lowest BCUT2D eigenvalue weighted by Gasteiger charge is -2.14. The predicted molar refractivity (Wildman–Crippen MR) is 79.8 cm³/mol. The van der Waals surface area contributed by atoms with E-state index < -0.39 is 0 Å². The summed E-state index contributed by atoms with van der Waals surface area (Å²) >= 11 is 0. The fraction of sp³-hybridized carbons (Fsp3) is 0.333. The minimum Gasteiger partial charge on any atom is -0.367 e. The van der Waals surface area contributed by atoms with Gasteiger partial charge < -0.3 is 10.6 Å². The highest BCUT2D eigenvalue weighted by atomic mass is 19.1. The summed E-state index contributed by atoms with van der Waals surface area (Å²) in [5, 5.41) is 6.39. The van der Waals surface area contributed by atoms with Crippen molar-refractivity contribution in [2.45, 2.75) is 33.2 Å². The number of aryl methyl sites for hydroxylation is 1. The molecule has 0 aliphatic heterocycles. The number of hydrogen-bond acceptors (Lipinski definition) is 4. The molecule has 0 fully saturated rings. The predicted octanol–water partition coefficient (Wildman–Crippen LogP) is 3.88. The molecule has 5 heteroatoms. The molecule has 0 saturated carbocycles. The van der Waals surface area contributed by atoms with Gasteiger partial charge in [-0.25, -0.2) is 9.37 Å². The Bertz CT molecular complexity index is 569. The SMILES string of the molecule is CCC(C)Nc1cc(C)nc(Nc2ccc(F)cc2)n1. The quantitative estimate of drug-likeness (QED) is 0.868. The molecule has 2 N–H and O–H groups in total. The van der Waals surface area contributed by atoms with E-state index in [1.54, 1.807) is 12.1 Å². The monoisotopic (exact) mass is 274 g/mol. The van der Waals surface area contributed by atoms with Gasteiger partial charge in [-0.05, 0) is 44.5 Å². The van der Waals surface area contributed by atoms with Crippen molar-refractivity contribution in [1.82, 2.24) is 9.97 Å². The topological polar surface area (TPSA) is 49.8 Å². The van der Waals surface area contributed by atoms with Crippen LogP contribution in [0.1, 0.15) is 26.0 Å². The van der Waals surface area contributed by atoms with Crippen LogP contribution >= 0.6 is 0 Å². The minimum atomic E-state index is -0.264. The van der Waals surface area contributed by atoms with Gasteiger partial charge in [-0.3, -0.25) is 0 Å². The number of aromatic nitrogens is 2. The molecule has 106 valence electrons. The second-order valence-corrected chi connectivity index (χ2v) is 4.80. The summed E-state index contributed by atoms with van der Waals surface area (Å²) in [6.07, 6.45) is 1.02. The summed E-state index contributed by atoms with van der Waals surface area (Å²) in [4.78, 5) is 8.74.